The van der Waals surface area contributed by atoms with Crippen LogP contribution in [0, 0.1) is 18.3 Å². The van der Waals surface area contributed by atoms with E-state index in [0.29, 0.717) is 22.2 Å². The normalized spacial score (nSPS) is 13.5. The zero-order valence-electron chi connectivity index (χ0n) is 18.2. The number of thiophene rings is 1. The summed E-state index contributed by atoms with van der Waals surface area (Å²) < 4.78 is 86.1. The Balaban J connectivity index is 2.11. The molecular weight excluding hydrogens is 566 g/mol. The third kappa shape index (κ3) is 5.69. The molecule has 3 aromatic rings. The highest BCUT2D eigenvalue weighted by atomic mass is 35.5. The minimum atomic E-state index is -5.38. The van der Waals surface area contributed by atoms with E-state index in [1.807, 2.05) is 4.72 Å². The Kier molecular flexibility index (Phi) is 8.10. The number of rotatable bonds is 8. The second-order valence-electron chi connectivity index (χ2n) is 7.43. The van der Waals surface area contributed by atoms with E-state index in [1.165, 1.54) is 19.1 Å². The van der Waals surface area contributed by atoms with Crippen molar-refractivity contribution in [3.8, 4) is 11.8 Å². The van der Waals surface area contributed by atoms with Gasteiger partial charge in [0.1, 0.15) is 22.3 Å². The number of benzene rings is 2. The van der Waals surface area contributed by atoms with Crippen LogP contribution in [-0.2, 0) is 20.8 Å². The van der Waals surface area contributed by atoms with Crippen LogP contribution in [-0.4, -0.2) is 31.4 Å². The Labute approximate surface area is 212 Å². The number of ether oxygens (including phenoxy) is 1. The number of nitrogens with zero attached hydrogens (tertiary/aromatic N) is 1. The molecule has 1 unspecified atom stereocenters. The summed E-state index contributed by atoms with van der Waals surface area (Å²) in [5, 5.41) is 9.38. The molecule has 1 heterocycles. The zero-order chi connectivity index (χ0) is 27.1. The number of fused-ring (bicyclic) bond motifs is 1. The van der Waals surface area contributed by atoms with Crippen molar-refractivity contribution >= 4 is 50.6 Å². The molecule has 0 bridgehead atoms. The lowest BCUT2D eigenvalue weighted by Gasteiger charge is -2.21. The van der Waals surface area contributed by atoms with E-state index >= 15 is 0 Å². The highest BCUT2D eigenvalue weighted by molar-refractivity contribution is 7.92. The van der Waals surface area contributed by atoms with Crippen LogP contribution in [0.15, 0.2) is 34.5 Å². The van der Waals surface area contributed by atoms with Crippen molar-refractivity contribution in [1.82, 2.24) is 4.72 Å². The summed E-state index contributed by atoms with van der Waals surface area (Å²) in [5.74, 6) is -2.11. The number of alkyl halides is 3. The molecule has 0 fully saturated rings. The van der Waals surface area contributed by atoms with Crippen molar-refractivity contribution in [1.29, 1.82) is 5.26 Å². The molecule has 1 aromatic heterocycles. The van der Waals surface area contributed by atoms with Crippen LogP contribution in [0.1, 0.15) is 28.0 Å². The summed E-state index contributed by atoms with van der Waals surface area (Å²) in [7, 11) is -10.1. The summed E-state index contributed by atoms with van der Waals surface area (Å²) in [6.45, 7) is 1.77. The lowest BCUT2D eigenvalue weighted by Crippen LogP contribution is -2.29. The summed E-state index contributed by atoms with van der Waals surface area (Å²) in [4.78, 5) is 19.7. The molecule has 194 valence electrons. The summed E-state index contributed by atoms with van der Waals surface area (Å²) >= 11 is 7.12. The number of halogens is 4. The molecule has 5 N–H and O–H groups in total. The average molecular weight is 584 g/mol. The molecule has 1 atom stereocenters. The van der Waals surface area contributed by atoms with Gasteiger partial charge < -0.3 is 20.3 Å². The van der Waals surface area contributed by atoms with Gasteiger partial charge in [-0.05, 0) is 42.3 Å². The number of aryl methyl sites for hydroxylation is 1. The van der Waals surface area contributed by atoms with E-state index < -0.39 is 46.3 Å². The first kappa shape index (κ1) is 28.4. The topological polar surface area (TPSA) is 163 Å². The number of nitrogens with one attached hydrogen (secondary N) is 1. The van der Waals surface area contributed by atoms with E-state index in [-0.39, 0.29) is 33.7 Å². The summed E-state index contributed by atoms with van der Waals surface area (Å²) in [6.07, 6.45) is -5.03. The van der Waals surface area contributed by atoms with Crippen molar-refractivity contribution in [2.45, 2.75) is 23.1 Å². The molecule has 0 aliphatic rings. The lowest BCUT2D eigenvalue weighted by molar-refractivity contribution is -0.137. The number of nitriles is 1. The second kappa shape index (κ2) is 10.3. The van der Waals surface area contributed by atoms with E-state index in [2.05, 4.69) is 0 Å². The maximum atomic E-state index is 13.4. The van der Waals surface area contributed by atoms with Gasteiger partial charge >= 0.3 is 13.8 Å². The van der Waals surface area contributed by atoms with Gasteiger partial charge in [-0.2, -0.15) is 23.2 Å². The quantitative estimate of drug-likeness (QED) is 0.286. The van der Waals surface area contributed by atoms with Crippen LogP contribution in [0.3, 0.4) is 0 Å². The molecular formula is C20H18ClF3N3O6PS2. The van der Waals surface area contributed by atoms with E-state index in [4.69, 9.17) is 27.3 Å². The highest BCUT2D eigenvalue weighted by Gasteiger charge is 2.39. The fourth-order valence-corrected chi connectivity index (χ4v) is 8.16. The third-order valence-corrected chi connectivity index (χ3v) is 9.91. The largest absolute Gasteiger partial charge is 0.491 e. The van der Waals surface area contributed by atoms with Crippen LogP contribution in [0.25, 0.3) is 10.1 Å². The van der Waals surface area contributed by atoms with Gasteiger partial charge in [-0.3, -0.25) is 4.57 Å². The van der Waals surface area contributed by atoms with Crippen molar-refractivity contribution in [2.24, 2.45) is 5.73 Å². The first-order chi connectivity index (χ1) is 16.6. The van der Waals surface area contributed by atoms with Gasteiger partial charge in [-0.25, -0.2) is 8.42 Å². The maximum Gasteiger partial charge on any atom is 0.417 e. The first-order valence-electron chi connectivity index (χ1n) is 9.85. The molecule has 16 heteroatoms. The van der Waals surface area contributed by atoms with Crippen molar-refractivity contribution in [3.05, 3.63) is 57.6 Å². The molecule has 9 nitrogen and oxygen atoms in total. The molecule has 2 aromatic carbocycles. The minimum Gasteiger partial charge on any atom is -0.491 e. The summed E-state index contributed by atoms with van der Waals surface area (Å²) in [5.41, 5.74) is 2.63. The molecule has 0 radical (unpaired) electrons. The molecule has 0 saturated heterocycles. The van der Waals surface area contributed by atoms with Crippen LogP contribution >= 0.6 is 30.5 Å². The Morgan fingerprint density at radius 2 is 1.97 bits per heavy atom. The van der Waals surface area contributed by atoms with Gasteiger partial charge in [0, 0.05) is 16.6 Å². The molecule has 0 aliphatic heterocycles. The van der Waals surface area contributed by atoms with Crippen LogP contribution in [0.2, 0.25) is 5.02 Å². The number of hydrogen-bond acceptors (Lipinski definition) is 7. The molecule has 0 amide bonds. The highest BCUT2D eigenvalue weighted by Crippen LogP contribution is 2.52. The van der Waals surface area contributed by atoms with Gasteiger partial charge in [0.2, 0.25) is 0 Å². The fraction of sp³-hybridized carbons (Fsp3) is 0.250. The van der Waals surface area contributed by atoms with Crippen molar-refractivity contribution in [3.63, 3.8) is 0 Å². The standard InChI is InChI=1S/C20H18ClF3N3O6PS2/c1-10-16-15(5-4-14(17(16)21)33-7-6-25)35-19(10)36(31,32)27-18(34(28,29)30)11-2-3-12(9-26)13(8-11)20(22,23)24/h2-5,8,18,27H,6-7,25H2,1H3,(H2,28,29,30). The molecule has 0 aliphatic carbocycles. The lowest BCUT2D eigenvalue weighted by atomic mass is 10.0. The van der Waals surface area contributed by atoms with Crippen molar-refractivity contribution in [2.75, 3.05) is 13.2 Å². The second-order valence-corrected chi connectivity index (χ2v) is 12.5. The van der Waals surface area contributed by atoms with Gasteiger partial charge in [0.15, 0.2) is 0 Å². The predicted molar refractivity (Wildman–Crippen MR) is 127 cm³/mol. The monoisotopic (exact) mass is 583 g/mol. The fourth-order valence-electron chi connectivity index (χ4n) is 3.38. The predicted octanol–water partition coefficient (Wildman–Crippen LogP) is 4.25. The SMILES string of the molecule is Cc1c(S(=O)(=O)NC(c2ccc(C#N)c(C(F)(F)F)c2)P(=O)(O)O)sc2ccc(OCCN)c(Cl)c12. The van der Waals surface area contributed by atoms with E-state index in [1.54, 1.807) is 6.07 Å². The van der Waals surface area contributed by atoms with Crippen molar-refractivity contribution < 1.29 is 40.7 Å². The van der Waals surface area contributed by atoms with Gasteiger partial charge in [-0.1, -0.05) is 17.7 Å². The Bertz CT molecular complexity index is 1520. The third-order valence-electron chi connectivity index (χ3n) is 4.96. The average Bonchev–Trinajstić information content (AvgIpc) is 3.13. The van der Waals surface area contributed by atoms with Crippen LogP contribution in [0.4, 0.5) is 13.2 Å². The van der Waals surface area contributed by atoms with Gasteiger partial charge in [0.05, 0.1) is 22.2 Å². The van der Waals surface area contributed by atoms with E-state index in [0.717, 1.165) is 17.4 Å². The first-order valence-corrected chi connectivity index (χ1v) is 14.2. The zero-order valence-corrected chi connectivity index (χ0v) is 21.5. The van der Waals surface area contributed by atoms with Gasteiger partial charge in [0.25, 0.3) is 10.0 Å². The molecule has 36 heavy (non-hydrogen) atoms. The summed E-state index contributed by atoms with van der Waals surface area (Å²) in [6, 6.07) is 6.28. The maximum absolute atomic E-state index is 13.4. The molecule has 3 rings (SSSR count). The Hall–Kier alpha value is -2.21. The molecule has 0 spiro atoms. The van der Waals surface area contributed by atoms with Gasteiger partial charge in [-0.15, -0.1) is 11.3 Å². The Morgan fingerprint density at radius 3 is 2.53 bits per heavy atom. The number of sulfonamides is 1. The Morgan fingerprint density at radius 1 is 1.31 bits per heavy atom. The molecule has 0 saturated carbocycles. The van der Waals surface area contributed by atoms with Crippen LogP contribution < -0.4 is 15.2 Å². The van der Waals surface area contributed by atoms with E-state index in [9.17, 15) is 35.9 Å². The number of hydrogen-bond donors (Lipinski definition) is 4. The smallest absolute Gasteiger partial charge is 0.417 e. The van der Waals surface area contributed by atoms with Crippen LogP contribution in [0.5, 0.6) is 5.75 Å². The number of nitrogens with two attached hydrogens (primary N) is 1. The minimum absolute atomic E-state index is 0.101.